The van der Waals surface area contributed by atoms with Crippen LogP contribution in [0.3, 0.4) is 0 Å². The van der Waals surface area contributed by atoms with Crippen LogP contribution >= 0.6 is 0 Å². The van der Waals surface area contributed by atoms with E-state index in [4.69, 9.17) is 9.47 Å². The number of hydrogen-bond donors (Lipinski definition) is 1. The molecule has 0 saturated carbocycles. The number of benzene rings is 1. The zero-order valence-electron chi connectivity index (χ0n) is 14.5. The highest BCUT2D eigenvalue weighted by Crippen LogP contribution is 2.21. The lowest BCUT2D eigenvalue weighted by atomic mass is 10.0. The van der Waals surface area contributed by atoms with Crippen LogP contribution < -0.4 is 4.74 Å². The van der Waals surface area contributed by atoms with Gasteiger partial charge in [0.05, 0.1) is 13.2 Å². The first-order valence-electron chi connectivity index (χ1n) is 8.89. The van der Waals surface area contributed by atoms with Gasteiger partial charge in [0.25, 0.3) is 0 Å². The summed E-state index contributed by atoms with van der Waals surface area (Å²) in [5.74, 6) is 0.787. The first-order valence-corrected chi connectivity index (χ1v) is 8.89. The molecule has 0 unspecified atom stereocenters. The van der Waals surface area contributed by atoms with Crippen LogP contribution in [0, 0.1) is 0 Å². The molecule has 1 aromatic carbocycles. The molecule has 1 heterocycles. The summed E-state index contributed by atoms with van der Waals surface area (Å²) in [4.78, 5) is 2.40. The third-order valence-corrected chi connectivity index (χ3v) is 4.40. The van der Waals surface area contributed by atoms with Gasteiger partial charge in [0.1, 0.15) is 18.0 Å². The Hall–Kier alpha value is -1.10. The van der Waals surface area contributed by atoms with Crippen LogP contribution in [-0.2, 0) is 4.74 Å². The van der Waals surface area contributed by atoms with Gasteiger partial charge in [0.15, 0.2) is 0 Å². The fraction of sp³-hybridized carbons (Fsp3) is 0.684. The largest absolute Gasteiger partial charge is 0.490 e. The average Bonchev–Trinajstić information content (AvgIpc) is 2.76. The minimum absolute atomic E-state index is 0.262. The van der Waals surface area contributed by atoms with E-state index >= 15 is 0 Å². The van der Waals surface area contributed by atoms with Gasteiger partial charge in [0, 0.05) is 19.1 Å². The minimum Gasteiger partial charge on any atom is -0.490 e. The molecule has 1 saturated heterocycles. The standard InChI is InChI=1S/C19H31NO3/c1-3-8-17(9-4-2)20-12-13-22-15-19(21,14-20)16-23-18-10-6-5-7-11-18/h5-7,10-11,17,21H,3-4,8-9,12-16H2,1-2H3/t19-/m1/s1. The molecule has 1 aliphatic rings. The van der Waals surface area contributed by atoms with Crippen molar-refractivity contribution in [1.82, 2.24) is 4.90 Å². The number of rotatable bonds is 8. The number of nitrogens with zero attached hydrogens (tertiary/aromatic N) is 1. The van der Waals surface area contributed by atoms with Gasteiger partial charge in [-0.05, 0) is 25.0 Å². The van der Waals surface area contributed by atoms with E-state index in [-0.39, 0.29) is 6.61 Å². The second kappa shape index (κ2) is 9.26. The van der Waals surface area contributed by atoms with Crippen LogP contribution in [0.5, 0.6) is 5.75 Å². The number of aliphatic hydroxyl groups is 1. The van der Waals surface area contributed by atoms with Crippen molar-refractivity contribution in [3.05, 3.63) is 30.3 Å². The van der Waals surface area contributed by atoms with E-state index in [1.165, 1.54) is 25.7 Å². The van der Waals surface area contributed by atoms with Crippen LogP contribution in [0.1, 0.15) is 39.5 Å². The van der Waals surface area contributed by atoms with E-state index in [1.807, 2.05) is 30.3 Å². The lowest BCUT2D eigenvalue weighted by Crippen LogP contribution is -2.51. The Kier molecular flexibility index (Phi) is 7.34. The number of β-amino-alcohol motifs (C(OH)–C–C–N with tert-alkyl or cyclic N) is 1. The normalized spacial score (nSPS) is 23.0. The quantitative estimate of drug-likeness (QED) is 0.799. The van der Waals surface area contributed by atoms with Crippen LogP contribution in [0.4, 0.5) is 0 Å². The van der Waals surface area contributed by atoms with Crippen LogP contribution in [-0.4, -0.2) is 54.6 Å². The summed E-state index contributed by atoms with van der Waals surface area (Å²) in [5, 5.41) is 11.0. The van der Waals surface area contributed by atoms with Crippen molar-refractivity contribution in [2.75, 3.05) is 32.9 Å². The Morgan fingerprint density at radius 1 is 1.22 bits per heavy atom. The highest BCUT2D eigenvalue weighted by Gasteiger charge is 2.35. The zero-order valence-corrected chi connectivity index (χ0v) is 14.5. The number of ether oxygens (including phenoxy) is 2. The Morgan fingerprint density at radius 2 is 1.91 bits per heavy atom. The molecule has 4 heteroatoms. The Balaban J connectivity index is 1.98. The van der Waals surface area contributed by atoms with Gasteiger partial charge in [-0.3, -0.25) is 4.90 Å². The molecule has 1 aromatic rings. The molecule has 0 spiro atoms. The molecule has 2 rings (SSSR count). The Bertz CT molecular complexity index is 434. The van der Waals surface area contributed by atoms with Crippen molar-refractivity contribution in [2.45, 2.75) is 51.2 Å². The third kappa shape index (κ3) is 5.79. The molecule has 1 aliphatic heterocycles. The maximum atomic E-state index is 11.0. The SMILES string of the molecule is CCCC(CCC)N1CCOC[C@@](O)(COc2ccccc2)C1. The minimum atomic E-state index is -0.952. The summed E-state index contributed by atoms with van der Waals surface area (Å²) in [6.45, 7) is 7.23. The highest BCUT2D eigenvalue weighted by molar-refractivity contribution is 5.21. The van der Waals surface area contributed by atoms with E-state index in [0.29, 0.717) is 25.8 Å². The molecule has 4 nitrogen and oxygen atoms in total. The maximum absolute atomic E-state index is 11.0. The van der Waals surface area contributed by atoms with Crippen LogP contribution in [0.15, 0.2) is 30.3 Å². The first kappa shape index (κ1) is 18.2. The third-order valence-electron chi connectivity index (χ3n) is 4.40. The van der Waals surface area contributed by atoms with E-state index in [1.54, 1.807) is 0 Å². The van der Waals surface area contributed by atoms with E-state index in [0.717, 1.165) is 12.3 Å². The van der Waals surface area contributed by atoms with Gasteiger partial charge in [-0.1, -0.05) is 44.9 Å². The molecule has 0 bridgehead atoms. The number of para-hydroxylation sites is 1. The van der Waals surface area contributed by atoms with Crippen molar-refractivity contribution >= 4 is 0 Å². The van der Waals surface area contributed by atoms with Crippen molar-refractivity contribution in [3.8, 4) is 5.75 Å². The van der Waals surface area contributed by atoms with Crippen LogP contribution in [0.2, 0.25) is 0 Å². The van der Waals surface area contributed by atoms with Crippen molar-refractivity contribution in [3.63, 3.8) is 0 Å². The molecule has 0 radical (unpaired) electrons. The topological polar surface area (TPSA) is 41.9 Å². The van der Waals surface area contributed by atoms with E-state index < -0.39 is 5.60 Å². The molecule has 0 aliphatic carbocycles. The number of hydrogen-bond acceptors (Lipinski definition) is 4. The lowest BCUT2D eigenvalue weighted by molar-refractivity contribution is -0.0676. The molecular formula is C19H31NO3. The summed E-state index contributed by atoms with van der Waals surface area (Å²) >= 11 is 0. The second-order valence-corrected chi connectivity index (χ2v) is 6.58. The lowest BCUT2D eigenvalue weighted by Gasteiger charge is -2.35. The maximum Gasteiger partial charge on any atom is 0.134 e. The van der Waals surface area contributed by atoms with Gasteiger partial charge < -0.3 is 14.6 Å². The van der Waals surface area contributed by atoms with Crippen molar-refractivity contribution in [1.29, 1.82) is 0 Å². The smallest absolute Gasteiger partial charge is 0.134 e. The second-order valence-electron chi connectivity index (χ2n) is 6.58. The molecule has 0 amide bonds. The van der Waals surface area contributed by atoms with Gasteiger partial charge >= 0.3 is 0 Å². The molecule has 130 valence electrons. The molecule has 23 heavy (non-hydrogen) atoms. The highest BCUT2D eigenvalue weighted by atomic mass is 16.5. The van der Waals surface area contributed by atoms with Crippen molar-refractivity contribution in [2.24, 2.45) is 0 Å². The monoisotopic (exact) mass is 321 g/mol. The Morgan fingerprint density at radius 3 is 2.57 bits per heavy atom. The van der Waals surface area contributed by atoms with Crippen molar-refractivity contribution < 1.29 is 14.6 Å². The summed E-state index contributed by atoms with van der Waals surface area (Å²) in [6, 6.07) is 10.2. The fourth-order valence-corrected chi connectivity index (χ4v) is 3.26. The van der Waals surface area contributed by atoms with Gasteiger partial charge in [0.2, 0.25) is 0 Å². The summed E-state index contributed by atoms with van der Waals surface area (Å²) in [6.07, 6.45) is 4.68. The molecule has 0 aromatic heterocycles. The van der Waals surface area contributed by atoms with Gasteiger partial charge in [-0.2, -0.15) is 0 Å². The average molecular weight is 321 g/mol. The van der Waals surface area contributed by atoms with Gasteiger partial charge in [-0.15, -0.1) is 0 Å². The molecule has 1 atom stereocenters. The van der Waals surface area contributed by atoms with Crippen LogP contribution in [0.25, 0.3) is 0 Å². The zero-order chi connectivity index (χ0) is 16.5. The van der Waals surface area contributed by atoms with E-state index in [9.17, 15) is 5.11 Å². The molecule has 1 N–H and O–H groups in total. The Labute approximate surface area is 140 Å². The predicted octanol–water partition coefficient (Wildman–Crippen LogP) is 3.10. The van der Waals surface area contributed by atoms with E-state index in [2.05, 4.69) is 18.7 Å². The molecule has 1 fully saturated rings. The van der Waals surface area contributed by atoms with Gasteiger partial charge in [-0.25, -0.2) is 0 Å². The first-order chi connectivity index (χ1) is 11.2. The summed E-state index contributed by atoms with van der Waals surface area (Å²) in [7, 11) is 0. The summed E-state index contributed by atoms with van der Waals surface area (Å²) in [5.41, 5.74) is -0.952. The molecular weight excluding hydrogens is 290 g/mol. The predicted molar refractivity (Wildman–Crippen MR) is 92.9 cm³/mol. The summed E-state index contributed by atoms with van der Waals surface area (Å²) < 4.78 is 11.5. The fourth-order valence-electron chi connectivity index (χ4n) is 3.26.